The SMILES string of the molecule is CO[C@@H]1C(CCCNC(=O)CCCCO[C@H]2O[C@H](CO)[C@@H](O)[C@H](O)[C@@H]2O)O[C@H](COC(C)C)C1O. The van der Waals surface area contributed by atoms with Crippen molar-refractivity contribution in [1.29, 1.82) is 0 Å². The molecule has 12 nitrogen and oxygen atoms in total. The molecule has 0 aromatic heterocycles. The molecule has 0 aromatic rings. The van der Waals surface area contributed by atoms with Crippen LogP contribution in [-0.2, 0) is 28.5 Å². The van der Waals surface area contributed by atoms with E-state index in [1.807, 2.05) is 13.8 Å². The van der Waals surface area contributed by atoms with E-state index in [1.165, 1.54) is 0 Å². The lowest BCUT2D eigenvalue weighted by atomic mass is 9.99. The van der Waals surface area contributed by atoms with Gasteiger partial charge in [0.1, 0.15) is 42.7 Å². The highest BCUT2D eigenvalue weighted by atomic mass is 16.7. The Labute approximate surface area is 206 Å². The summed E-state index contributed by atoms with van der Waals surface area (Å²) in [5.41, 5.74) is 0. The molecule has 0 spiro atoms. The summed E-state index contributed by atoms with van der Waals surface area (Å²) in [6, 6.07) is 0. The fourth-order valence-electron chi connectivity index (χ4n) is 4.17. The second-order valence-corrected chi connectivity index (χ2v) is 9.30. The van der Waals surface area contributed by atoms with Gasteiger partial charge in [0.2, 0.25) is 5.91 Å². The topological polar surface area (TPSA) is 176 Å². The molecule has 6 N–H and O–H groups in total. The normalized spacial score (nSPS) is 35.5. The van der Waals surface area contributed by atoms with Crippen LogP contribution < -0.4 is 5.32 Å². The number of aliphatic hydroxyl groups is 5. The van der Waals surface area contributed by atoms with Gasteiger partial charge in [-0.2, -0.15) is 0 Å². The lowest BCUT2D eigenvalue weighted by Gasteiger charge is -2.39. The summed E-state index contributed by atoms with van der Waals surface area (Å²) in [5.74, 6) is -0.100. The molecule has 2 aliphatic rings. The number of unbranched alkanes of at least 4 members (excludes halogenated alkanes) is 1. The van der Waals surface area contributed by atoms with Gasteiger partial charge in [-0.05, 0) is 39.5 Å². The Morgan fingerprint density at radius 1 is 0.943 bits per heavy atom. The van der Waals surface area contributed by atoms with E-state index in [9.17, 15) is 30.3 Å². The van der Waals surface area contributed by atoms with Crippen LogP contribution in [0.5, 0.6) is 0 Å². The zero-order valence-electron chi connectivity index (χ0n) is 20.8. The van der Waals surface area contributed by atoms with Crippen molar-refractivity contribution in [3.8, 4) is 0 Å². The van der Waals surface area contributed by atoms with Crippen LogP contribution in [0.4, 0.5) is 0 Å². The van der Waals surface area contributed by atoms with E-state index < -0.39 is 55.6 Å². The molecule has 12 heteroatoms. The molecule has 0 bridgehead atoms. The molecule has 2 aliphatic heterocycles. The summed E-state index contributed by atoms with van der Waals surface area (Å²) in [6.07, 6.45) is -5.72. The van der Waals surface area contributed by atoms with Gasteiger partial charge in [-0.3, -0.25) is 4.79 Å². The number of amides is 1. The van der Waals surface area contributed by atoms with Crippen molar-refractivity contribution in [2.24, 2.45) is 0 Å². The largest absolute Gasteiger partial charge is 0.394 e. The third-order valence-corrected chi connectivity index (χ3v) is 6.22. The predicted octanol–water partition coefficient (Wildman–Crippen LogP) is -1.56. The summed E-state index contributed by atoms with van der Waals surface area (Å²) < 4.78 is 27.5. The molecule has 2 heterocycles. The van der Waals surface area contributed by atoms with Gasteiger partial charge in [0.25, 0.3) is 0 Å². The van der Waals surface area contributed by atoms with Crippen molar-refractivity contribution in [3.05, 3.63) is 0 Å². The first-order valence-corrected chi connectivity index (χ1v) is 12.4. The van der Waals surface area contributed by atoms with Crippen LogP contribution in [0, 0.1) is 0 Å². The number of hydrogen-bond acceptors (Lipinski definition) is 11. The van der Waals surface area contributed by atoms with E-state index in [2.05, 4.69) is 5.32 Å². The molecule has 2 saturated heterocycles. The minimum atomic E-state index is -1.48. The minimum absolute atomic E-state index is 0.0420. The maximum Gasteiger partial charge on any atom is 0.219 e. The van der Waals surface area contributed by atoms with Gasteiger partial charge in [-0.25, -0.2) is 0 Å². The zero-order valence-corrected chi connectivity index (χ0v) is 20.8. The highest BCUT2D eigenvalue weighted by Gasteiger charge is 2.44. The second kappa shape index (κ2) is 15.4. The van der Waals surface area contributed by atoms with Gasteiger partial charge >= 0.3 is 0 Å². The van der Waals surface area contributed by atoms with Crippen LogP contribution >= 0.6 is 0 Å². The molecule has 2 rings (SSSR count). The third-order valence-electron chi connectivity index (χ3n) is 6.22. The lowest BCUT2D eigenvalue weighted by molar-refractivity contribution is -0.301. The van der Waals surface area contributed by atoms with Crippen molar-refractivity contribution in [3.63, 3.8) is 0 Å². The monoisotopic (exact) mass is 509 g/mol. The number of methoxy groups -OCH3 is 1. The molecule has 1 amide bonds. The number of carbonyl (C=O) groups is 1. The van der Waals surface area contributed by atoms with E-state index in [0.717, 1.165) is 0 Å². The Morgan fingerprint density at radius 2 is 1.69 bits per heavy atom. The maximum absolute atomic E-state index is 12.1. The average molecular weight is 510 g/mol. The third kappa shape index (κ3) is 9.15. The second-order valence-electron chi connectivity index (χ2n) is 9.30. The maximum atomic E-state index is 12.1. The smallest absolute Gasteiger partial charge is 0.219 e. The number of carbonyl (C=O) groups excluding carboxylic acids is 1. The summed E-state index contributed by atoms with van der Waals surface area (Å²) in [6.45, 7) is 4.27. The summed E-state index contributed by atoms with van der Waals surface area (Å²) in [4.78, 5) is 12.1. The average Bonchev–Trinajstić information content (AvgIpc) is 3.14. The van der Waals surface area contributed by atoms with Crippen LogP contribution in [0.3, 0.4) is 0 Å². The molecular weight excluding hydrogens is 466 g/mol. The van der Waals surface area contributed by atoms with Crippen LogP contribution in [-0.4, -0.2) is 126 Å². The Hall–Kier alpha value is -0.930. The molecule has 0 saturated carbocycles. The van der Waals surface area contributed by atoms with E-state index in [0.29, 0.717) is 45.3 Å². The summed E-state index contributed by atoms with van der Waals surface area (Å²) in [7, 11) is 1.54. The molecule has 2 unspecified atom stereocenters. The van der Waals surface area contributed by atoms with Crippen molar-refractivity contribution in [1.82, 2.24) is 5.32 Å². The van der Waals surface area contributed by atoms with E-state index in [1.54, 1.807) is 7.11 Å². The number of ether oxygens (including phenoxy) is 5. The molecule has 206 valence electrons. The van der Waals surface area contributed by atoms with E-state index in [-0.39, 0.29) is 24.7 Å². The molecule has 35 heavy (non-hydrogen) atoms. The predicted molar refractivity (Wildman–Crippen MR) is 122 cm³/mol. The summed E-state index contributed by atoms with van der Waals surface area (Å²) >= 11 is 0. The highest BCUT2D eigenvalue weighted by Crippen LogP contribution is 2.27. The first-order chi connectivity index (χ1) is 16.7. The van der Waals surface area contributed by atoms with Crippen LogP contribution in [0.15, 0.2) is 0 Å². The number of nitrogens with one attached hydrogen (secondary N) is 1. The van der Waals surface area contributed by atoms with Gasteiger partial charge < -0.3 is 54.5 Å². The zero-order chi connectivity index (χ0) is 26.0. The van der Waals surface area contributed by atoms with E-state index in [4.69, 9.17) is 23.7 Å². The lowest BCUT2D eigenvalue weighted by Crippen LogP contribution is -2.59. The Morgan fingerprint density at radius 3 is 2.34 bits per heavy atom. The van der Waals surface area contributed by atoms with Crippen molar-refractivity contribution >= 4 is 5.91 Å². The van der Waals surface area contributed by atoms with Gasteiger partial charge in [-0.15, -0.1) is 0 Å². The molecule has 9 atom stereocenters. The summed E-state index contributed by atoms with van der Waals surface area (Å²) in [5, 5.41) is 51.9. The number of rotatable bonds is 15. The Bertz CT molecular complexity index is 608. The molecule has 0 radical (unpaired) electrons. The van der Waals surface area contributed by atoms with Gasteiger partial charge in [0.15, 0.2) is 6.29 Å². The first-order valence-electron chi connectivity index (χ1n) is 12.4. The van der Waals surface area contributed by atoms with Crippen molar-refractivity contribution in [2.45, 2.75) is 107 Å². The van der Waals surface area contributed by atoms with Gasteiger partial charge in [-0.1, -0.05) is 0 Å². The van der Waals surface area contributed by atoms with Crippen LogP contribution in [0.1, 0.15) is 46.0 Å². The number of hydrogen-bond donors (Lipinski definition) is 6. The van der Waals surface area contributed by atoms with E-state index >= 15 is 0 Å². The standard InChI is InChI=1S/C23H43NO11/c1-13(2)33-12-16-19(28)22(31-3)14(34-16)7-6-9-24-17(26)8-4-5-10-32-23-21(30)20(29)18(27)15(11-25)35-23/h13-16,18-23,25,27-30H,4-12H2,1-3H3,(H,24,26)/t14?,15-,16-,18-,19?,20+,21+,22-,23+/m1/s1. The van der Waals surface area contributed by atoms with Crippen molar-refractivity contribution in [2.75, 3.05) is 33.5 Å². The Kier molecular flexibility index (Phi) is 13.3. The van der Waals surface area contributed by atoms with Crippen LogP contribution in [0.2, 0.25) is 0 Å². The fraction of sp³-hybridized carbons (Fsp3) is 0.957. The highest BCUT2D eigenvalue weighted by molar-refractivity contribution is 5.75. The van der Waals surface area contributed by atoms with Crippen molar-refractivity contribution < 1.29 is 54.0 Å². The quantitative estimate of drug-likeness (QED) is 0.141. The molecule has 0 aromatic carbocycles. The molecular formula is C23H43NO11. The van der Waals surface area contributed by atoms with Gasteiger partial charge in [0, 0.05) is 26.7 Å². The first kappa shape index (κ1) is 30.3. The molecule has 0 aliphatic carbocycles. The minimum Gasteiger partial charge on any atom is -0.394 e. The number of aliphatic hydroxyl groups excluding tert-OH is 5. The van der Waals surface area contributed by atoms with Gasteiger partial charge in [0.05, 0.1) is 25.4 Å². The van der Waals surface area contributed by atoms with Crippen LogP contribution in [0.25, 0.3) is 0 Å². The Balaban J connectivity index is 1.57. The fourth-order valence-corrected chi connectivity index (χ4v) is 4.17. The molecule has 2 fully saturated rings.